The molecule has 0 bridgehead atoms. The summed E-state index contributed by atoms with van der Waals surface area (Å²) < 4.78 is 23.5. The van der Waals surface area contributed by atoms with E-state index < -0.39 is 11.8 Å². The molecule has 24 heavy (non-hydrogen) atoms. The highest BCUT2D eigenvalue weighted by Gasteiger charge is 2.14. The van der Waals surface area contributed by atoms with Crippen LogP contribution in [0, 0.1) is 19.7 Å². The zero-order valence-corrected chi connectivity index (χ0v) is 14.7. The number of thiophene rings is 1. The van der Waals surface area contributed by atoms with E-state index in [1.807, 2.05) is 19.9 Å². The molecular formula is C18H19FO4S. The molecule has 4 nitrogen and oxygen atoms in total. The smallest absolute Gasteiger partial charge is 0.306 e. The second kappa shape index (κ2) is 8.06. The van der Waals surface area contributed by atoms with Crippen molar-refractivity contribution in [3.05, 3.63) is 51.0 Å². The Morgan fingerprint density at radius 2 is 1.92 bits per heavy atom. The van der Waals surface area contributed by atoms with E-state index in [-0.39, 0.29) is 31.0 Å². The number of carbonyl (C=O) groups is 2. The van der Waals surface area contributed by atoms with Crippen LogP contribution < -0.4 is 4.74 Å². The fourth-order valence-corrected chi connectivity index (χ4v) is 3.24. The van der Waals surface area contributed by atoms with E-state index in [0.29, 0.717) is 11.1 Å². The molecule has 128 valence electrons. The summed E-state index contributed by atoms with van der Waals surface area (Å²) in [7, 11) is 1.38. The monoisotopic (exact) mass is 350 g/mol. The lowest BCUT2D eigenvalue weighted by atomic mass is 10.1. The van der Waals surface area contributed by atoms with Gasteiger partial charge in [0.15, 0.2) is 17.3 Å². The van der Waals surface area contributed by atoms with Crippen LogP contribution in [0.15, 0.2) is 24.3 Å². The molecule has 1 heterocycles. The lowest BCUT2D eigenvalue weighted by Crippen LogP contribution is -2.08. The van der Waals surface area contributed by atoms with Gasteiger partial charge in [-0.05, 0) is 37.6 Å². The van der Waals surface area contributed by atoms with Crippen LogP contribution in [0.3, 0.4) is 0 Å². The van der Waals surface area contributed by atoms with E-state index in [0.717, 1.165) is 9.75 Å². The highest BCUT2D eigenvalue weighted by Crippen LogP contribution is 2.22. The number of ether oxygens (including phenoxy) is 2. The van der Waals surface area contributed by atoms with E-state index in [1.165, 1.54) is 19.2 Å². The van der Waals surface area contributed by atoms with Crippen molar-refractivity contribution in [3.8, 4) is 5.75 Å². The molecule has 0 atom stereocenters. The van der Waals surface area contributed by atoms with Crippen LogP contribution in [-0.4, -0.2) is 18.9 Å². The van der Waals surface area contributed by atoms with Gasteiger partial charge in [0.05, 0.1) is 13.5 Å². The summed E-state index contributed by atoms with van der Waals surface area (Å²) in [5.41, 5.74) is 1.19. The number of rotatable bonds is 7. The Kier molecular flexibility index (Phi) is 6.09. The summed E-state index contributed by atoms with van der Waals surface area (Å²) in [5.74, 6) is -0.921. The first-order valence-corrected chi connectivity index (χ1v) is 8.30. The molecular weight excluding hydrogens is 331 g/mol. The van der Waals surface area contributed by atoms with Gasteiger partial charge < -0.3 is 9.47 Å². The number of aryl methyl sites for hydroxylation is 2. The maximum Gasteiger partial charge on any atom is 0.306 e. The second-order valence-corrected chi connectivity index (χ2v) is 6.84. The van der Waals surface area contributed by atoms with Gasteiger partial charge in [0.1, 0.15) is 6.61 Å². The minimum atomic E-state index is -0.510. The summed E-state index contributed by atoms with van der Waals surface area (Å²) >= 11 is 1.56. The van der Waals surface area contributed by atoms with Crippen molar-refractivity contribution in [1.29, 1.82) is 0 Å². The van der Waals surface area contributed by atoms with E-state index in [2.05, 4.69) is 0 Å². The van der Waals surface area contributed by atoms with Gasteiger partial charge in [0, 0.05) is 21.7 Å². The van der Waals surface area contributed by atoms with Crippen molar-refractivity contribution in [2.24, 2.45) is 0 Å². The standard InChI is InChI=1S/C18H19FO4S/c1-11-8-14(12(2)24-11)16(20)5-7-18(21)23-10-13-4-6-17(22-3)15(19)9-13/h4,6,8-9H,5,7,10H2,1-3H3. The van der Waals surface area contributed by atoms with Gasteiger partial charge in [-0.2, -0.15) is 0 Å². The van der Waals surface area contributed by atoms with Crippen molar-refractivity contribution in [2.45, 2.75) is 33.3 Å². The van der Waals surface area contributed by atoms with Crippen LogP contribution in [0.5, 0.6) is 5.75 Å². The molecule has 6 heteroatoms. The normalized spacial score (nSPS) is 10.5. The predicted octanol–water partition coefficient (Wildman–Crippen LogP) is 4.22. The number of esters is 1. The maximum absolute atomic E-state index is 13.5. The van der Waals surface area contributed by atoms with E-state index in [9.17, 15) is 14.0 Å². The molecule has 0 unspecified atom stereocenters. The molecule has 0 saturated heterocycles. The van der Waals surface area contributed by atoms with Gasteiger partial charge in [-0.3, -0.25) is 9.59 Å². The third-order valence-corrected chi connectivity index (χ3v) is 4.48. The zero-order valence-electron chi connectivity index (χ0n) is 13.8. The second-order valence-electron chi connectivity index (χ2n) is 5.38. The zero-order chi connectivity index (χ0) is 17.7. The average Bonchev–Trinajstić information content (AvgIpc) is 2.89. The molecule has 2 aromatic rings. The Hall–Kier alpha value is -2.21. The van der Waals surface area contributed by atoms with Gasteiger partial charge >= 0.3 is 5.97 Å². The third kappa shape index (κ3) is 4.64. The summed E-state index contributed by atoms with van der Waals surface area (Å²) in [4.78, 5) is 25.9. The fourth-order valence-electron chi connectivity index (χ4n) is 2.29. The molecule has 0 fully saturated rings. The Morgan fingerprint density at radius 3 is 2.50 bits per heavy atom. The van der Waals surface area contributed by atoms with Crippen molar-refractivity contribution in [1.82, 2.24) is 0 Å². The molecule has 0 radical (unpaired) electrons. The quantitative estimate of drug-likeness (QED) is 0.554. The number of benzene rings is 1. The minimum absolute atomic E-state index is 0.00576. The number of ketones is 1. The van der Waals surface area contributed by atoms with Crippen molar-refractivity contribution >= 4 is 23.1 Å². The summed E-state index contributed by atoms with van der Waals surface area (Å²) in [5, 5.41) is 0. The summed E-state index contributed by atoms with van der Waals surface area (Å²) in [6.07, 6.45) is 0.110. The molecule has 1 aromatic heterocycles. The molecule has 0 N–H and O–H groups in total. The summed E-state index contributed by atoms with van der Waals surface area (Å²) in [6.45, 7) is 3.79. The molecule has 1 aromatic carbocycles. The van der Waals surface area contributed by atoms with Crippen LogP contribution >= 0.6 is 11.3 Å². The highest BCUT2D eigenvalue weighted by molar-refractivity contribution is 7.12. The molecule has 0 spiro atoms. The van der Waals surface area contributed by atoms with Crippen molar-refractivity contribution in [2.75, 3.05) is 7.11 Å². The average molecular weight is 350 g/mol. The highest BCUT2D eigenvalue weighted by atomic mass is 32.1. The maximum atomic E-state index is 13.5. The predicted molar refractivity (Wildman–Crippen MR) is 90.1 cm³/mol. The van der Waals surface area contributed by atoms with E-state index in [4.69, 9.17) is 9.47 Å². The SMILES string of the molecule is COc1ccc(COC(=O)CCC(=O)c2cc(C)sc2C)cc1F. The largest absolute Gasteiger partial charge is 0.494 e. The third-order valence-electron chi connectivity index (χ3n) is 3.51. The van der Waals surface area contributed by atoms with Gasteiger partial charge in [-0.1, -0.05) is 6.07 Å². The Bertz CT molecular complexity index is 751. The van der Waals surface area contributed by atoms with E-state index >= 15 is 0 Å². The number of hydrogen-bond donors (Lipinski definition) is 0. The number of Topliss-reactive ketones (excluding diaryl/α,β-unsaturated/α-hetero) is 1. The summed E-state index contributed by atoms with van der Waals surface area (Å²) in [6, 6.07) is 6.20. The Morgan fingerprint density at radius 1 is 1.17 bits per heavy atom. The van der Waals surface area contributed by atoms with Gasteiger partial charge in [-0.25, -0.2) is 4.39 Å². The van der Waals surface area contributed by atoms with Gasteiger partial charge in [0.2, 0.25) is 0 Å². The Labute approximate surface area is 144 Å². The first-order chi connectivity index (χ1) is 11.4. The number of hydrogen-bond acceptors (Lipinski definition) is 5. The first kappa shape index (κ1) is 18.1. The molecule has 0 aliphatic rings. The van der Waals surface area contributed by atoms with Crippen molar-refractivity contribution < 1.29 is 23.5 Å². The number of carbonyl (C=O) groups excluding carboxylic acids is 2. The Balaban J connectivity index is 1.82. The topological polar surface area (TPSA) is 52.6 Å². The van der Waals surface area contributed by atoms with Crippen LogP contribution in [0.25, 0.3) is 0 Å². The van der Waals surface area contributed by atoms with Gasteiger partial charge in [0.25, 0.3) is 0 Å². The lowest BCUT2D eigenvalue weighted by molar-refractivity contribution is -0.144. The molecule has 0 aliphatic carbocycles. The lowest BCUT2D eigenvalue weighted by Gasteiger charge is -2.07. The van der Waals surface area contributed by atoms with Crippen LogP contribution in [0.1, 0.15) is 38.5 Å². The number of methoxy groups -OCH3 is 1. The fraction of sp³-hybridized carbons (Fsp3) is 0.333. The molecule has 0 aliphatic heterocycles. The number of halogens is 1. The van der Waals surface area contributed by atoms with E-state index in [1.54, 1.807) is 17.4 Å². The van der Waals surface area contributed by atoms with Crippen LogP contribution in [0.2, 0.25) is 0 Å². The van der Waals surface area contributed by atoms with Crippen LogP contribution in [-0.2, 0) is 16.1 Å². The first-order valence-electron chi connectivity index (χ1n) is 7.49. The van der Waals surface area contributed by atoms with Crippen LogP contribution in [0.4, 0.5) is 4.39 Å². The molecule has 2 rings (SSSR count). The van der Waals surface area contributed by atoms with Crippen molar-refractivity contribution in [3.63, 3.8) is 0 Å². The van der Waals surface area contributed by atoms with Gasteiger partial charge in [-0.15, -0.1) is 11.3 Å². The molecule has 0 amide bonds. The minimum Gasteiger partial charge on any atom is -0.494 e. The molecule has 0 saturated carbocycles.